The van der Waals surface area contributed by atoms with Crippen molar-refractivity contribution in [2.45, 2.75) is 38.1 Å². The first-order valence-electron chi connectivity index (χ1n) is 5.29. The highest BCUT2D eigenvalue weighted by molar-refractivity contribution is 5.81. The van der Waals surface area contributed by atoms with Crippen LogP contribution in [-0.4, -0.2) is 29.8 Å². The molecule has 2 heteroatoms. The number of hydrogen-bond donors (Lipinski definition) is 0. The van der Waals surface area contributed by atoms with E-state index < -0.39 is 0 Å². The topological polar surface area (TPSA) is 20.3 Å². The number of piperidine rings is 1. The second kappa shape index (κ2) is 4.05. The van der Waals surface area contributed by atoms with Gasteiger partial charge < -0.3 is 0 Å². The summed E-state index contributed by atoms with van der Waals surface area (Å²) in [5.41, 5.74) is 0. The Morgan fingerprint density at radius 3 is 3.00 bits per heavy atom. The Kier molecular flexibility index (Phi) is 2.79. The van der Waals surface area contributed by atoms with E-state index in [2.05, 4.69) is 17.1 Å². The fourth-order valence-corrected chi connectivity index (χ4v) is 2.25. The predicted molar refractivity (Wildman–Crippen MR) is 52.6 cm³/mol. The second-order valence-corrected chi connectivity index (χ2v) is 4.04. The molecule has 1 aliphatic carbocycles. The molecule has 0 saturated carbocycles. The van der Waals surface area contributed by atoms with Gasteiger partial charge in [0.15, 0.2) is 0 Å². The molecule has 1 fully saturated rings. The molecule has 0 aromatic heterocycles. The van der Waals surface area contributed by atoms with E-state index in [1.54, 1.807) is 0 Å². The normalized spacial score (nSPS) is 30.8. The van der Waals surface area contributed by atoms with E-state index in [0.717, 1.165) is 19.4 Å². The van der Waals surface area contributed by atoms with Crippen LogP contribution >= 0.6 is 0 Å². The van der Waals surface area contributed by atoms with Gasteiger partial charge in [-0.1, -0.05) is 12.2 Å². The Hall–Kier alpha value is -0.630. The summed E-state index contributed by atoms with van der Waals surface area (Å²) in [5.74, 6) is 0.422. The average Bonchev–Trinajstić information content (AvgIpc) is 2.19. The lowest BCUT2D eigenvalue weighted by molar-refractivity contribution is -0.122. The number of likely N-dealkylation sites (tertiary alicyclic amines) is 1. The van der Waals surface area contributed by atoms with Gasteiger partial charge in [0, 0.05) is 12.5 Å². The maximum atomic E-state index is 11.3. The predicted octanol–water partition coefficient (Wildman–Crippen LogP) is 1.76. The Labute approximate surface area is 79.6 Å². The van der Waals surface area contributed by atoms with Crippen molar-refractivity contribution in [3.63, 3.8) is 0 Å². The molecule has 0 radical (unpaired) electrons. The van der Waals surface area contributed by atoms with Crippen LogP contribution in [0.2, 0.25) is 0 Å². The molecule has 0 N–H and O–H groups in total. The molecule has 2 rings (SSSR count). The molecule has 1 atom stereocenters. The molecular formula is C11H17NO. The van der Waals surface area contributed by atoms with E-state index >= 15 is 0 Å². The zero-order chi connectivity index (χ0) is 9.10. The third kappa shape index (κ3) is 2.19. The Bertz CT molecular complexity index is 222. The van der Waals surface area contributed by atoms with Crippen molar-refractivity contribution in [1.82, 2.24) is 4.90 Å². The van der Waals surface area contributed by atoms with Crippen molar-refractivity contribution in [3.8, 4) is 0 Å². The fraction of sp³-hybridized carbons (Fsp3) is 0.727. The van der Waals surface area contributed by atoms with Crippen LogP contribution in [0.3, 0.4) is 0 Å². The zero-order valence-corrected chi connectivity index (χ0v) is 8.04. The summed E-state index contributed by atoms with van der Waals surface area (Å²) >= 11 is 0. The monoisotopic (exact) mass is 179 g/mol. The van der Waals surface area contributed by atoms with Gasteiger partial charge in [-0.05, 0) is 32.2 Å². The SMILES string of the molecule is O=C1CCCN(C2C=CCCC2)C1. The van der Waals surface area contributed by atoms with Crippen LogP contribution in [0, 0.1) is 0 Å². The molecule has 13 heavy (non-hydrogen) atoms. The molecule has 1 heterocycles. The van der Waals surface area contributed by atoms with Crippen molar-refractivity contribution >= 4 is 5.78 Å². The molecule has 1 aliphatic heterocycles. The molecular weight excluding hydrogens is 162 g/mol. The van der Waals surface area contributed by atoms with Gasteiger partial charge in [0.2, 0.25) is 0 Å². The van der Waals surface area contributed by atoms with E-state index in [-0.39, 0.29) is 0 Å². The van der Waals surface area contributed by atoms with Crippen molar-refractivity contribution in [1.29, 1.82) is 0 Å². The highest BCUT2D eigenvalue weighted by Gasteiger charge is 2.23. The first-order valence-corrected chi connectivity index (χ1v) is 5.29. The van der Waals surface area contributed by atoms with Crippen molar-refractivity contribution in [2.75, 3.05) is 13.1 Å². The lowest BCUT2D eigenvalue weighted by Gasteiger charge is -2.33. The minimum absolute atomic E-state index is 0.422. The van der Waals surface area contributed by atoms with E-state index in [9.17, 15) is 4.79 Å². The molecule has 0 bridgehead atoms. The van der Waals surface area contributed by atoms with Gasteiger partial charge in [-0.3, -0.25) is 9.69 Å². The van der Waals surface area contributed by atoms with Crippen molar-refractivity contribution < 1.29 is 4.79 Å². The van der Waals surface area contributed by atoms with Gasteiger partial charge in [0.05, 0.1) is 6.54 Å². The number of nitrogens with zero attached hydrogens (tertiary/aromatic N) is 1. The van der Waals surface area contributed by atoms with Crippen LogP contribution in [0.5, 0.6) is 0 Å². The molecule has 1 saturated heterocycles. The summed E-state index contributed by atoms with van der Waals surface area (Å²) in [6, 6.07) is 0.554. The number of rotatable bonds is 1. The van der Waals surface area contributed by atoms with E-state index in [4.69, 9.17) is 0 Å². The lowest BCUT2D eigenvalue weighted by Crippen LogP contribution is -2.42. The molecule has 72 valence electrons. The highest BCUT2D eigenvalue weighted by Crippen LogP contribution is 2.19. The Balaban J connectivity index is 1.94. The second-order valence-electron chi connectivity index (χ2n) is 4.04. The van der Waals surface area contributed by atoms with Crippen LogP contribution in [0.15, 0.2) is 12.2 Å². The third-order valence-corrected chi connectivity index (χ3v) is 2.98. The molecule has 0 aromatic carbocycles. The van der Waals surface area contributed by atoms with Gasteiger partial charge >= 0.3 is 0 Å². The van der Waals surface area contributed by atoms with Crippen molar-refractivity contribution in [2.24, 2.45) is 0 Å². The van der Waals surface area contributed by atoms with Gasteiger partial charge in [-0.2, -0.15) is 0 Å². The van der Waals surface area contributed by atoms with Gasteiger partial charge in [0.1, 0.15) is 5.78 Å². The van der Waals surface area contributed by atoms with Gasteiger partial charge in [-0.15, -0.1) is 0 Å². The van der Waals surface area contributed by atoms with Gasteiger partial charge in [-0.25, -0.2) is 0 Å². The zero-order valence-electron chi connectivity index (χ0n) is 8.04. The van der Waals surface area contributed by atoms with E-state index in [1.807, 2.05) is 0 Å². The largest absolute Gasteiger partial charge is 0.298 e. The van der Waals surface area contributed by atoms with E-state index in [0.29, 0.717) is 18.4 Å². The molecule has 2 nitrogen and oxygen atoms in total. The number of carbonyl (C=O) groups is 1. The first kappa shape index (κ1) is 8.95. The number of ketones is 1. The molecule has 0 spiro atoms. The van der Waals surface area contributed by atoms with Crippen LogP contribution in [0.4, 0.5) is 0 Å². The maximum Gasteiger partial charge on any atom is 0.146 e. The molecule has 0 aromatic rings. The summed E-state index contributed by atoms with van der Waals surface area (Å²) in [6.45, 7) is 1.80. The number of Topliss-reactive ketones (excluding diaryl/α,β-unsaturated/α-hetero) is 1. The van der Waals surface area contributed by atoms with Crippen LogP contribution in [-0.2, 0) is 4.79 Å². The third-order valence-electron chi connectivity index (χ3n) is 2.98. The Morgan fingerprint density at radius 1 is 1.38 bits per heavy atom. The summed E-state index contributed by atoms with van der Waals surface area (Å²) in [4.78, 5) is 13.6. The molecule has 1 unspecified atom stereocenters. The standard InChI is InChI=1S/C11H17NO/c13-11-7-4-8-12(9-11)10-5-2-1-3-6-10/h2,5,10H,1,3-4,6-9H2. The molecule has 0 amide bonds. The summed E-state index contributed by atoms with van der Waals surface area (Å²) in [6.07, 6.45) is 10.1. The lowest BCUT2D eigenvalue weighted by atomic mass is 9.99. The first-order chi connectivity index (χ1) is 6.36. The number of hydrogen-bond acceptors (Lipinski definition) is 2. The highest BCUT2D eigenvalue weighted by atomic mass is 16.1. The minimum Gasteiger partial charge on any atom is -0.298 e. The van der Waals surface area contributed by atoms with E-state index in [1.165, 1.54) is 19.3 Å². The summed E-state index contributed by atoms with van der Waals surface area (Å²) in [7, 11) is 0. The molecule has 2 aliphatic rings. The van der Waals surface area contributed by atoms with Crippen LogP contribution in [0.25, 0.3) is 0 Å². The maximum absolute atomic E-state index is 11.3. The van der Waals surface area contributed by atoms with Gasteiger partial charge in [0.25, 0.3) is 0 Å². The van der Waals surface area contributed by atoms with Crippen LogP contribution in [0.1, 0.15) is 32.1 Å². The Morgan fingerprint density at radius 2 is 2.31 bits per heavy atom. The van der Waals surface area contributed by atoms with Crippen molar-refractivity contribution in [3.05, 3.63) is 12.2 Å². The summed E-state index contributed by atoms with van der Waals surface area (Å²) in [5, 5.41) is 0. The number of carbonyl (C=O) groups excluding carboxylic acids is 1. The summed E-state index contributed by atoms with van der Waals surface area (Å²) < 4.78 is 0. The fourth-order valence-electron chi connectivity index (χ4n) is 2.25. The van der Waals surface area contributed by atoms with Crippen LogP contribution < -0.4 is 0 Å². The number of allylic oxidation sites excluding steroid dienone is 1. The average molecular weight is 179 g/mol. The minimum atomic E-state index is 0.422. The smallest absolute Gasteiger partial charge is 0.146 e. The quantitative estimate of drug-likeness (QED) is 0.572.